The molecule has 8 heteroatoms. The number of aromatic nitrogens is 1. The Labute approximate surface area is 177 Å². The van der Waals surface area contributed by atoms with E-state index in [-0.39, 0.29) is 18.1 Å². The van der Waals surface area contributed by atoms with Gasteiger partial charge in [0.2, 0.25) is 0 Å². The maximum Gasteiger partial charge on any atom is 0.335 e. The standard InChI is InChI=1S/C22H20N2O5S/c1-14-23-18(13-30-14)16-5-8-20-19(11-16)24(21(25)12-29-20)9-2-10-28-17-6-3-15(4-7-17)22(26)27/h3-8,11,13H,2,9-10,12H2,1H3,(H,26,27). The second-order valence-corrected chi connectivity index (χ2v) is 7.86. The average Bonchev–Trinajstić information content (AvgIpc) is 3.18. The van der Waals surface area contributed by atoms with Crippen LogP contribution in [-0.4, -0.2) is 41.7 Å². The van der Waals surface area contributed by atoms with Crippen LogP contribution in [-0.2, 0) is 4.79 Å². The van der Waals surface area contributed by atoms with Gasteiger partial charge in [-0.1, -0.05) is 0 Å². The molecule has 0 atom stereocenters. The molecule has 1 aliphatic rings. The predicted molar refractivity (Wildman–Crippen MR) is 114 cm³/mol. The van der Waals surface area contributed by atoms with Gasteiger partial charge >= 0.3 is 5.97 Å². The summed E-state index contributed by atoms with van der Waals surface area (Å²) in [5, 5.41) is 11.9. The lowest BCUT2D eigenvalue weighted by Crippen LogP contribution is -2.39. The second-order valence-electron chi connectivity index (χ2n) is 6.80. The molecule has 1 aromatic heterocycles. The van der Waals surface area contributed by atoms with Gasteiger partial charge in [-0.3, -0.25) is 4.79 Å². The number of aryl methyl sites for hydroxylation is 1. The molecule has 1 N–H and O–H groups in total. The van der Waals surface area contributed by atoms with E-state index in [9.17, 15) is 9.59 Å². The summed E-state index contributed by atoms with van der Waals surface area (Å²) in [5.41, 5.74) is 2.77. The highest BCUT2D eigenvalue weighted by Crippen LogP contribution is 2.36. The Hall–Kier alpha value is -3.39. The van der Waals surface area contributed by atoms with Crippen LogP contribution in [0.25, 0.3) is 11.3 Å². The van der Waals surface area contributed by atoms with Crippen molar-refractivity contribution in [3.05, 3.63) is 58.4 Å². The fourth-order valence-corrected chi connectivity index (χ4v) is 3.83. The molecular weight excluding hydrogens is 404 g/mol. The molecule has 0 saturated carbocycles. The highest BCUT2D eigenvalue weighted by molar-refractivity contribution is 7.09. The zero-order valence-corrected chi connectivity index (χ0v) is 17.1. The van der Waals surface area contributed by atoms with Gasteiger partial charge in [-0.05, 0) is 55.8 Å². The number of carboxylic acids is 1. The summed E-state index contributed by atoms with van der Waals surface area (Å²) < 4.78 is 11.3. The third-order valence-electron chi connectivity index (χ3n) is 4.71. The van der Waals surface area contributed by atoms with E-state index >= 15 is 0 Å². The normalized spacial score (nSPS) is 13.0. The maximum atomic E-state index is 12.5. The van der Waals surface area contributed by atoms with Crippen LogP contribution < -0.4 is 14.4 Å². The molecule has 0 unspecified atom stereocenters. The molecule has 0 saturated heterocycles. The number of thiazole rings is 1. The molecular formula is C22H20N2O5S. The molecule has 0 fully saturated rings. The van der Waals surface area contributed by atoms with Gasteiger partial charge in [0, 0.05) is 17.5 Å². The largest absolute Gasteiger partial charge is 0.494 e. The number of nitrogens with zero attached hydrogens (tertiary/aromatic N) is 2. The number of fused-ring (bicyclic) bond motifs is 1. The number of carbonyl (C=O) groups excluding carboxylic acids is 1. The summed E-state index contributed by atoms with van der Waals surface area (Å²) in [6.07, 6.45) is 0.617. The first-order valence-corrected chi connectivity index (χ1v) is 10.3. The van der Waals surface area contributed by atoms with Gasteiger partial charge in [0.05, 0.1) is 28.6 Å². The Kier molecular flexibility index (Phi) is 5.67. The molecule has 0 bridgehead atoms. The van der Waals surface area contributed by atoms with Crippen molar-refractivity contribution in [1.29, 1.82) is 0 Å². The number of carboxylic acid groups (broad SMARTS) is 1. The van der Waals surface area contributed by atoms with Gasteiger partial charge < -0.3 is 19.5 Å². The van der Waals surface area contributed by atoms with E-state index in [1.54, 1.807) is 28.4 Å². The third-order valence-corrected chi connectivity index (χ3v) is 5.49. The molecule has 1 aliphatic heterocycles. The molecule has 2 aromatic carbocycles. The zero-order chi connectivity index (χ0) is 21.1. The molecule has 4 rings (SSSR count). The van der Waals surface area contributed by atoms with E-state index < -0.39 is 5.97 Å². The summed E-state index contributed by atoms with van der Waals surface area (Å²) in [6.45, 7) is 2.86. The summed E-state index contributed by atoms with van der Waals surface area (Å²) in [5.74, 6) is 0.198. The van der Waals surface area contributed by atoms with Crippen LogP contribution in [0, 0.1) is 6.92 Å². The van der Waals surface area contributed by atoms with Gasteiger partial charge in [0.25, 0.3) is 5.91 Å². The Bertz CT molecular complexity index is 1080. The molecule has 7 nitrogen and oxygen atoms in total. The number of amides is 1. The lowest BCUT2D eigenvalue weighted by molar-refractivity contribution is -0.121. The Morgan fingerprint density at radius 1 is 1.27 bits per heavy atom. The first-order valence-electron chi connectivity index (χ1n) is 9.47. The van der Waals surface area contributed by atoms with Crippen LogP contribution in [0.2, 0.25) is 0 Å². The van der Waals surface area contributed by atoms with E-state index in [0.29, 0.717) is 31.1 Å². The van der Waals surface area contributed by atoms with Crippen molar-refractivity contribution >= 4 is 28.9 Å². The molecule has 3 aromatic rings. The van der Waals surface area contributed by atoms with Crippen LogP contribution >= 0.6 is 11.3 Å². The first-order chi connectivity index (χ1) is 14.5. The van der Waals surface area contributed by atoms with Crippen molar-refractivity contribution < 1.29 is 24.2 Å². The number of ether oxygens (including phenoxy) is 2. The Balaban J connectivity index is 1.42. The van der Waals surface area contributed by atoms with E-state index in [4.69, 9.17) is 14.6 Å². The van der Waals surface area contributed by atoms with Crippen LogP contribution in [0.15, 0.2) is 47.8 Å². The van der Waals surface area contributed by atoms with Gasteiger partial charge in [-0.15, -0.1) is 11.3 Å². The molecule has 0 radical (unpaired) electrons. The van der Waals surface area contributed by atoms with Crippen molar-refractivity contribution in [2.45, 2.75) is 13.3 Å². The van der Waals surface area contributed by atoms with E-state index in [0.717, 1.165) is 22.0 Å². The molecule has 0 aliphatic carbocycles. The van der Waals surface area contributed by atoms with Crippen LogP contribution in [0.3, 0.4) is 0 Å². The Morgan fingerprint density at radius 3 is 2.77 bits per heavy atom. The SMILES string of the molecule is Cc1nc(-c2ccc3c(c2)N(CCCOc2ccc(C(=O)O)cc2)C(=O)CO3)cs1. The highest BCUT2D eigenvalue weighted by atomic mass is 32.1. The molecule has 0 spiro atoms. The molecule has 154 valence electrons. The lowest BCUT2D eigenvalue weighted by atomic mass is 10.1. The number of hydrogen-bond donors (Lipinski definition) is 1. The van der Waals surface area contributed by atoms with Crippen molar-refractivity contribution in [2.75, 3.05) is 24.7 Å². The van der Waals surface area contributed by atoms with Gasteiger partial charge in [0.15, 0.2) is 6.61 Å². The zero-order valence-electron chi connectivity index (χ0n) is 16.3. The highest BCUT2D eigenvalue weighted by Gasteiger charge is 2.25. The monoisotopic (exact) mass is 424 g/mol. The topological polar surface area (TPSA) is 89.0 Å². The second kappa shape index (κ2) is 8.54. The summed E-state index contributed by atoms with van der Waals surface area (Å²) in [6, 6.07) is 12.0. The van der Waals surface area contributed by atoms with Gasteiger partial charge in [-0.2, -0.15) is 0 Å². The number of hydrogen-bond acceptors (Lipinski definition) is 6. The molecule has 2 heterocycles. The van der Waals surface area contributed by atoms with Gasteiger partial charge in [0.1, 0.15) is 11.5 Å². The van der Waals surface area contributed by atoms with Crippen LogP contribution in [0.4, 0.5) is 5.69 Å². The number of anilines is 1. The lowest BCUT2D eigenvalue weighted by Gasteiger charge is -2.29. The number of rotatable bonds is 7. The predicted octanol–water partition coefficient (Wildman–Crippen LogP) is 4.01. The summed E-state index contributed by atoms with van der Waals surface area (Å²) in [4.78, 5) is 29.6. The number of aromatic carboxylic acids is 1. The quantitative estimate of drug-likeness (QED) is 0.577. The first kappa shape index (κ1) is 19.9. The fraction of sp³-hybridized carbons (Fsp3) is 0.227. The maximum absolute atomic E-state index is 12.5. The minimum Gasteiger partial charge on any atom is -0.494 e. The van der Waals surface area contributed by atoms with Crippen molar-refractivity contribution in [3.8, 4) is 22.8 Å². The fourth-order valence-electron chi connectivity index (χ4n) is 3.21. The van der Waals surface area contributed by atoms with Crippen molar-refractivity contribution in [3.63, 3.8) is 0 Å². The third kappa shape index (κ3) is 4.28. The van der Waals surface area contributed by atoms with Crippen molar-refractivity contribution in [2.24, 2.45) is 0 Å². The van der Waals surface area contributed by atoms with Crippen molar-refractivity contribution in [1.82, 2.24) is 4.98 Å². The Morgan fingerprint density at radius 2 is 2.07 bits per heavy atom. The molecule has 1 amide bonds. The van der Waals surface area contributed by atoms with E-state index in [1.807, 2.05) is 30.5 Å². The van der Waals surface area contributed by atoms with Crippen LogP contribution in [0.5, 0.6) is 11.5 Å². The van der Waals surface area contributed by atoms with Crippen LogP contribution in [0.1, 0.15) is 21.8 Å². The summed E-state index contributed by atoms with van der Waals surface area (Å²) >= 11 is 1.58. The van der Waals surface area contributed by atoms with Gasteiger partial charge in [-0.25, -0.2) is 9.78 Å². The summed E-state index contributed by atoms with van der Waals surface area (Å²) in [7, 11) is 0. The molecule has 30 heavy (non-hydrogen) atoms. The smallest absolute Gasteiger partial charge is 0.335 e. The number of benzene rings is 2. The van der Waals surface area contributed by atoms with E-state index in [1.165, 1.54) is 12.1 Å². The van der Waals surface area contributed by atoms with E-state index in [2.05, 4.69) is 4.98 Å². The minimum atomic E-state index is -0.974. The number of carbonyl (C=O) groups is 2. The average molecular weight is 424 g/mol. The minimum absolute atomic E-state index is 0.0136.